The molecule has 1 aliphatic heterocycles. The molecule has 3 N–H and O–H groups in total. The third-order valence-electron chi connectivity index (χ3n) is 2.97. The van der Waals surface area contributed by atoms with Gasteiger partial charge in [0.15, 0.2) is 5.75 Å². The van der Waals surface area contributed by atoms with E-state index in [0.29, 0.717) is 12.1 Å². The van der Waals surface area contributed by atoms with Crippen LogP contribution in [0.1, 0.15) is 11.1 Å². The number of carbonyl (C=O) groups is 1. The number of carboxylic acid groups (broad SMARTS) is 1. The van der Waals surface area contributed by atoms with Crippen LogP contribution >= 0.6 is 0 Å². The SMILES string of the molecule is Nc1cccc2c1CCN(S(=O)(=O)CC(=O)O)C2. The number of carboxylic acids is 1. The minimum absolute atomic E-state index is 0.190. The molecule has 1 heterocycles. The van der Waals surface area contributed by atoms with Gasteiger partial charge in [-0.25, -0.2) is 8.42 Å². The van der Waals surface area contributed by atoms with E-state index in [-0.39, 0.29) is 13.1 Å². The summed E-state index contributed by atoms with van der Waals surface area (Å²) < 4.78 is 24.8. The van der Waals surface area contributed by atoms with Gasteiger partial charge in [0.1, 0.15) is 0 Å². The number of rotatable bonds is 3. The highest BCUT2D eigenvalue weighted by molar-refractivity contribution is 7.89. The van der Waals surface area contributed by atoms with Crippen LogP contribution in [0.5, 0.6) is 0 Å². The van der Waals surface area contributed by atoms with Crippen molar-refractivity contribution in [3.63, 3.8) is 0 Å². The zero-order valence-electron chi connectivity index (χ0n) is 9.67. The highest BCUT2D eigenvalue weighted by atomic mass is 32.2. The smallest absolute Gasteiger partial charge is 0.320 e. The molecule has 0 aliphatic carbocycles. The maximum atomic E-state index is 11.8. The molecule has 0 unspecified atom stereocenters. The third-order valence-corrected chi connectivity index (χ3v) is 4.68. The number of aliphatic carboxylic acids is 1. The molecular weight excluding hydrogens is 256 g/mol. The number of nitrogens with two attached hydrogens (primary N) is 1. The van der Waals surface area contributed by atoms with Crippen LogP contribution in [0.25, 0.3) is 0 Å². The van der Waals surface area contributed by atoms with Crippen molar-refractivity contribution in [3.8, 4) is 0 Å². The number of nitrogens with zero attached hydrogens (tertiary/aromatic N) is 1. The Morgan fingerprint density at radius 2 is 2.17 bits per heavy atom. The lowest BCUT2D eigenvalue weighted by atomic mass is 9.99. The Morgan fingerprint density at radius 3 is 2.83 bits per heavy atom. The number of fused-ring (bicyclic) bond motifs is 1. The van der Waals surface area contributed by atoms with Gasteiger partial charge in [0.2, 0.25) is 10.0 Å². The Morgan fingerprint density at radius 1 is 1.44 bits per heavy atom. The zero-order chi connectivity index (χ0) is 13.3. The Balaban J connectivity index is 2.25. The third kappa shape index (κ3) is 2.46. The number of anilines is 1. The summed E-state index contributed by atoms with van der Waals surface area (Å²) in [6.07, 6.45) is 0.515. The Bertz CT molecular complexity index is 583. The minimum Gasteiger partial charge on any atom is -0.480 e. The number of sulfonamides is 1. The average Bonchev–Trinajstić information content (AvgIpc) is 2.27. The lowest BCUT2D eigenvalue weighted by molar-refractivity contribution is -0.134. The molecule has 2 rings (SSSR count). The summed E-state index contributed by atoms with van der Waals surface area (Å²) in [7, 11) is -3.75. The van der Waals surface area contributed by atoms with Crippen LogP contribution in [0.4, 0.5) is 5.69 Å². The molecule has 0 bridgehead atoms. The second kappa shape index (κ2) is 4.58. The maximum absolute atomic E-state index is 11.8. The molecule has 0 amide bonds. The Labute approximate surface area is 105 Å². The molecule has 1 aromatic carbocycles. The van der Waals surface area contributed by atoms with E-state index in [2.05, 4.69) is 0 Å². The second-order valence-corrected chi connectivity index (χ2v) is 6.19. The highest BCUT2D eigenvalue weighted by Gasteiger charge is 2.29. The van der Waals surface area contributed by atoms with Crippen molar-refractivity contribution in [2.75, 3.05) is 18.0 Å². The van der Waals surface area contributed by atoms with Crippen LogP contribution in [-0.2, 0) is 27.8 Å². The maximum Gasteiger partial charge on any atom is 0.320 e. The summed E-state index contributed by atoms with van der Waals surface area (Å²) in [4.78, 5) is 10.5. The van der Waals surface area contributed by atoms with Crippen LogP contribution in [-0.4, -0.2) is 36.1 Å². The molecule has 98 valence electrons. The van der Waals surface area contributed by atoms with Gasteiger partial charge in [-0.15, -0.1) is 0 Å². The monoisotopic (exact) mass is 270 g/mol. The Kier molecular flexibility index (Phi) is 3.27. The molecule has 0 aromatic heterocycles. The van der Waals surface area contributed by atoms with Crippen LogP contribution < -0.4 is 5.73 Å². The van der Waals surface area contributed by atoms with E-state index < -0.39 is 21.7 Å². The van der Waals surface area contributed by atoms with Crippen molar-refractivity contribution < 1.29 is 18.3 Å². The zero-order valence-corrected chi connectivity index (χ0v) is 10.5. The van der Waals surface area contributed by atoms with Crippen molar-refractivity contribution in [1.29, 1.82) is 0 Å². The molecule has 0 fully saturated rings. The fourth-order valence-corrected chi connectivity index (χ4v) is 3.30. The molecule has 0 saturated heterocycles. The van der Waals surface area contributed by atoms with Crippen LogP contribution in [0.3, 0.4) is 0 Å². The summed E-state index contributed by atoms with van der Waals surface area (Å²) in [6.45, 7) is 0.465. The first kappa shape index (κ1) is 12.8. The highest BCUT2D eigenvalue weighted by Crippen LogP contribution is 2.25. The lowest BCUT2D eigenvalue weighted by Crippen LogP contribution is -2.39. The molecule has 1 aromatic rings. The molecule has 0 atom stereocenters. The summed E-state index contributed by atoms with van der Waals surface area (Å²) in [6, 6.07) is 5.36. The Hall–Kier alpha value is -1.60. The quantitative estimate of drug-likeness (QED) is 0.755. The van der Waals surface area contributed by atoms with E-state index in [9.17, 15) is 13.2 Å². The van der Waals surface area contributed by atoms with Crippen molar-refractivity contribution in [1.82, 2.24) is 4.31 Å². The van der Waals surface area contributed by atoms with Gasteiger partial charge in [-0.3, -0.25) is 4.79 Å². The fraction of sp³-hybridized carbons (Fsp3) is 0.364. The molecule has 0 spiro atoms. The van der Waals surface area contributed by atoms with Gasteiger partial charge >= 0.3 is 5.97 Å². The van der Waals surface area contributed by atoms with Crippen LogP contribution in [0.2, 0.25) is 0 Å². The molecular formula is C11H14N2O4S. The van der Waals surface area contributed by atoms with E-state index in [1.807, 2.05) is 6.07 Å². The number of hydrogen-bond acceptors (Lipinski definition) is 4. The lowest BCUT2D eigenvalue weighted by Gasteiger charge is -2.28. The molecule has 1 aliphatic rings. The molecule has 7 heteroatoms. The first-order valence-corrected chi connectivity index (χ1v) is 7.07. The van der Waals surface area contributed by atoms with E-state index >= 15 is 0 Å². The van der Waals surface area contributed by atoms with Gasteiger partial charge in [0.05, 0.1) is 0 Å². The normalized spacial score (nSPS) is 16.2. The topological polar surface area (TPSA) is 101 Å². The van der Waals surface area contributed by atoms with Gasteiger partial charge in [-0.2, -0.15) is 4.31 Å². The summed E-state index contributed by atoms with van der Waals surface area (Å²) in [5.74, 6) is -2.21. The van der Waals surface area contributed by atoms with Crippen molar-refractivity contribution in [2.24, 2.45) is 0 Å². The predicted octanol–water partition coefficient (Wildman–Crippen LogP) is 0.0413. The van der Waals surface area contributed by atoms with Gasteiger partial charge in [0.25, 0.3) is 0 Å². The second-order valence-electron chi connectivity index (χ2n) is 4.22. The minimum atomic E-state index is -3.75. The molecule has 18 heavy (non-hydrogen) atoms. The van der Waals surface area contributed by atoms with E-state index in [1.165, 1.54) is 4.31 Å². The first-order chi connectivity index (χ1) is 8.40. The van der Waals surface area contributed by atoms with E-state index in [4.69, 9.17) is 10.8 Å². The summed E-state index contributed by atoms with van der Waals surface area (Å²) in [5.41, 5.74) is 8.27. The first-order valence-electron chi connectivity index (χ1n) is 5.46. The average molecular weight is 270 g/mol. The van der Waals surface area contributed by atoms with E-state index in [1.54, 1.807) is 12.1 Å². The van der Waals surface area contributed by atoms with Crippen molar-refractivity contribution in [2.45, 2.75) is 13.0 Å². The van der Waals surface area contributed by atoms with Crippen LogP contribution in [0, 0.1) is 0 Å². The van der Waals surface area contributed by atoms with E-state index in [0.717, 1.165) is 11.1 Å². The number of benzene rings is 1. The van der Waals surface area contributed by atoms with Crippen molar-refractivity contribution >= 4 is 21.7 Å². The van der Waals surface area contributed by atoms with Gasteiger partial charge in [-0.05, 0) is 23.6 Å². The summed E-state index contributed by atoms with van der Waals surface area (Å²) in [5, 5.41) is 8.59. The molecule has 0 radical (unpaired) electrons. The van der Waals surface area contributed by atoms with Gasteiger partial charge in [-0.1, -0.05) is 12.1 Å². The predicted molar refractivity (Wildman–Crippen MR) is 66.4 cm³/mol. The van der Waals surface area contributed by atoms with Gasteiger partial charge in [0, 0.05) is 18.8 Å². The molecule has 0 saturated carbocycles. The number of nitrogen functional groups attached to an aromatic ring is 1. The number of hydrogen-bond donors (Lipinski definition) is 2. The van der Waals surface area contributed by atoms with Crippen molar-refractivity contribution in [3.05, 3.63) is 29.3 Å². The standard InChI is InChI=1S/C11H14N2O4S/c12-10-3-1-2-8-6-13(5-4-9(8)10)18(16,17)7-11(14)15/h1-3H,4-7,12H2,(H,14,15). The van der Waals surface area contributed by atoms with Crippen LogP contribution in [0.15, 0.2) is 18.2 Å². The summed E-state index contributed by atoms with van der Waals surface area (Å²) >= 11 is 0. The molecule has 6 nitrogen and oxygen atoms in total. The van der Waals surface area contributed by atoms with Gasteiger partial charge < -0.3 is 10.8 Å². The largest absolute Gasteiger partial charge is 0.480 e. The fourth-order valence-electron chi connectivity index (χ4n) is 2.10.